The summed E-state index contributed by atoms with van der Waals surface area (Å²) in [6, 6.07) is 3.08. The van der Waals surface area contributed by atoms with Crippen molar-refractivity contribution in [3.8, 4) is 0 Å². The van der Waals surface area contributed by atoms with Gasteiger partial charge in [-0.25, -0.2) is 0 Å². The average Bonchev–Trinajstić information content (AvgIpc) is 2.95. The Morgan fingerprint density at radius 3 is 2.84 bits per heavy atom. The van der Waals surface area contributed by atoms with Gasteiger partial charge in [-0.15, -0.1) is 15.3 Å². The number of hydrogen-bond donors (Lipinski definition) is 1. The highest BCUT2D eigenvalue weighted by Crippen LogP contribution is 2.27. The zero-order valence-corrected chi connectivity index (χ0v) is 9.68. The molecule has 0 spiro atoms. The van der Waals surface area contributed by atoms with Crippen molar-refractivity contribution in [3.63, 3.8) is 0 Å². The molecule has 102 valence electrons. The molecule has 1 atom stereocenters. The van der Waals surface area contributed by atoms with E-state index in [9.17, 15) is 13.2 Å². The summed E-state index contributed by atoms with van der Waals surface area (Å²) in [4.78, 5) is 0. The molecule has 1 aliphatic rings. The van der Waals surface area contributed by atoms with Crippen molar-refractivity contribution in [1.82, 2.24) is 19.8 Å². The molecule has 0 amide bonds. The molecule has 1 fully saturated rings. The largest absolute Gasteiger partial charge is 0.453 e. The minimum atomic E-state index is -4.58. The van der Waals surface area contributed by atoms with E-state index in [4.69, 9.17) is 4.74 Å². The highest BCUT2D eigenvalue weighted by Gasteiger charge is 2.37. The molecule has 0 aromatic carbocycles. The number of fused-ring (bicyclic) bond motifs is 1. The van der Waals surface area contributed by atoms with Crippen LogP contribution >= 0.6 is 0 Å². The monoisotopic (exact) mass is 273 g/mol. The van der Waals surface area contributed by atoms with Crippen LogP contribution in [-0.2, 0) is 10.9 Å². The van der Waals surface area contributed by atoms with E-state index in [1.54, 1.807) is 6.07 Å². The Hall–Kier alpha value is -1.90. The fraction of sp³-hybridized carbons (Fsp3) is 0.500. The number of rotatable bonds is 2. The molecule has 6 nitrogen and oxygen atoms in total. The van der Waals surface area contributed by atoms with Crippen molar-refractivity contribution in [2.24, 2.45) is 0 Å². The van der Waals surface area contributed by atoms with Crippen LogP contribution in [0.4, 0.5) is 19.0 Å². The summed E-state index contributed by atoms with van der Waals surface area (Å²) in [5, 5.41) is 13.4. The topological polar surface area (TPSA) is 64.3 Å². The minimum Gasteiger partial charge on any atom is -0.379 e. The first-order valence-electron chi connectivity index (χ1n) is 5.68. The predicted octanol–water partition coefficient (Wildman–Crippen LogP) is 1.34. The van der Waals surface area contributed by atoms with Crippen molar-refractivity contribution >= 4 is 11.5 Å². The van der Waals surface area contributed by atoms with E-state index in [0.29, 0.717) is 23.5 Å². The van der Waals surface area contributed by atoms with Gasteiger partial charge in [0.1, 0.15) is 5.82 Å². The lowest BCUT2D eigenvalue weighted by atomic mass is 10.2. The normalized spacial score (nSPS) is 20.1. The molecule has 0 radical (unpaired) electrons. The highest BCUT2D eigenvalue weighted by atomic mass is 19.4. The van der Waals surface area contributed by atoms with Gasteiger partial charge in [-0.05, 0) is 18.6 Å². The first-order valence-corrected chi connectivity index (χ1v) is 5.68. The van der Waals surface area contributed by atoms with Crippen LogP contribution in [0.3, 0.4) is 0 Å². The predicted molar refractivity (Wildman–Crippen MR) is 58.6 cm³/mol. The molecule has 19 heavy (non-hydrogen) atoms. The lowest BCUT2D eigenvalue weighted by Gasteiger charge is -2.11. The van der Waals surface area contributed by atoms with Crippen molar-refractivity contribution in [1.29, 1.82) is 0 Å². The molecular formula is C10H10F3N5O. The second-order valence-electron chi connectivity index (χ2n) is 4.21. The Labute approximate surface area is 105 Å². The van der Waals surface area contributed by atoms with Crippen molar-refractivity contribution in [2.75, 3.05) is 18.5 Å². The van der Waals surface area contributed by atoms with Gasteiger partial charge in [-0.3, -0.25) is 0 Å². The Morgan fingerprint density at radius 2 is 2.16 bits per heavy atom. The Morgan fingerprint density at radius 1 is 1.32 bits per heavy atom. The van der Waals surface area contributed by atoms with E-state index in [2.05, 4.69) is 20.6 Å². The average molecular weight is 273 g/mol. The molecule has 1 aliphatic heterocycles. The maximum absolute atomic E-state index is 12.7. The number of nitrogens with zero attached hydrogens (tertiary/aromatic N) is 4. The van der Waals surface area contributed by atoms with E-state index < -0.39 is 12.0 Å². The first kappa shape index (κ1) is 12.2. The number of anilines is 1. The van der Waals surface area contributed by atoms with Crippen LogP contribution in [-0.4, -0.2) is 39.1 Å². The third-order valence-corrected chi connectivity index (χ3v) is 2.80. The molecule has 2 aromatic heterocycles. The lowest BCUT2D eigenvalue weighted by molar-refractivity contribution is -0.146. The van der Waals surface area contributed by atoms with Gasteiger partial charge in [-0.2, -0.15) is 17.7 Å². The summed E-state index contributed by atoms with van der Waals surface area (Å²) >= 11 is 0. The van der Waals surface area contributed by atoms with Crippen LogP contribution in [0.15, 0.2) is 12.1 Å². The SMILES string of the molecule is FC(F)(F)c1nnc2ccc(NC3CCOC3)nn12. The second kappa shape index (κ2) is 4.34. The summed E-state index contributed by atoms with van der Waals surface area (Å²) in [5.41, 5.74) is 0.0561. The number of hydrogen-bond acceptors (Lipinski definition) is 5. The maximum Gasteiger partial charge on any atom is 0.453 e. The smallest absolute Gasteiger partial charge is 0.379 e. The van der Waals surface area contributed by atoms with Crippen molar-refractivity contribution in [3.05, 3.63) is 18.0 Å². The fourth-order valence-electron chi connectivity index (χ4n) is 1.90. The van der Waals surface area contributed by atoms with Gasteiger partial charge in [0.25, 0.3) is 5.82 Å². The number of aromatic nitrogens is 4. The van der Waals surface area contributed by atoms with Gasteiger partial charge < -0.3 is 10.1 Å². The third kappa shape index (κ3) is 2.33. The Bertz CT molecular complexity index is 590. The van der Waals surface area contributed by atoms with Crippen LogP contribution < -0.4 is 5.32 Å². The number of alkyl halides is 3. The summed E-state index contributed by atoms with van der Waals surface area (Å²) in [6.45, 7) is 1.16. The zero-order chi connectivity index (χ0) is 13.5. The molecule has 1 unspecified atom stereocenters. The van der Waals surface area contributed by atoms with Crippen LogP contribution in [0.5, 0.6) is 0 Å². The molecular weight excluding hydrogens is 263 g/mol. The molecule has 0 saturated carbocycles. The number of ether oxygens (including phenoxy) is 1. The van der Waals surface area contributed by atoms with Gasteiger partial charge >= 0.3 is 6.18 Å². The summed E-state index contributed by atoms with van der Waals surface area (Å²) in [7, 11) is 0. The van der Waals surface area contributed by atoms with Crippen LogP contribution in [0, 0.1) is 0 Å². The number of halogens is 3. The summed E-state index contributed by atoms with van der Waals surface area (Å²) in [5.74, 6) is -0.790. The summed E-state index contributed by atoms with van der Waals surface area (Å²) < 4.78 is 43.9. The molecule has 9 heteroatoms. The molecule has 0 bridgehead atoms. The van der Waals surface area contributed by atoms with Gasteiger partial charge in [-0.1, -0.05) is 0 Å². The van der Waals surface area contributed by atoms with Gasteiger partial charge in [0.2, 0.25) is 0 Å². The Balaban J connectivity index is 1.94. The first-order chi connectivity index (χ1) is 9.04. The van der Waals surface area contributed by atoms with Gasteiger partial charge in [0.05, 0.1) is 12.6 Å². The number of nitrogens with one attached hydrogen (secondary N) is 1. The highest BCUT2D eigenvalue weighted by molar-refractivity contribution is 5.44. The third-order valence-electron chi connectivity index (χ3n) is 2.80. The second-order valence-corrected chi connectivity index (χ2v) is 4.21. The van der Waals surface area contributed by atoms with E-state index >= 15 is 0 Å². The molecule has 0 aliphatic carbocycles. The Kier molecular flexibility index (Phi) is 2.77. The van der Waals surface area contributed by atoms with Crippen molar-refractivity contribution < 1.29 is 17.9 Å². The molecule has 1 N–H and O–H groups in total. The molecule has 3 heterocycles. The van der Waals surface area contributed by atoms with E-state index in [0.717, 1.165) is 6.42 Å². The lowest BCUT2D eigenvalue weighted by Crippen LogP contribution is -2.21. The van der Waals surface area contributed by atoms with Crippen LogP contribution in [0.25, 0.3) is 5.65 Å². The van der Waals surface area contributed by atoms with Crippen LogP contribution in [0.2, 0.25) is 0 Å². The molecule has 3 rings (SSSR count). The van der Waals surface area contributed by atoms with Crippen molar-refractivity contribution in [2.45, 2.75) is 18.6 Å². The summed E-state index contributed by atoms with van der Waals surface area (Å²) in [6.07, 6.45) is -3.78. The van der Waals surface area contributed by atoms with Gasteiger partial charge in [0.15, 0.2) is 5.65 Å². The fourth-order valence-corrected chi connectivity index (χ4v) is 1.90. The quantitative estimate of drug-likeness (QED) is 0.894. The standard InChI is InChI=1S/C10H10F3N5O/c11-10(12,13)9-16-15-8-2-1-7(17-18(8)9)14-6-3-4-19-5-6/h1-2,6H,3-5H2,(H,14,17). The van der Waals surface area contributed by atoms with E-state index in [1.165, 1.54) is 6.07 Å². The van der Waals surface area contributed by atoms with Gasteiger partial charge in [0, 0.05) is 6.61 Å². The van der Waals surface area contributed by atoms with E-state index in [-0.39, 0.29) is 11.7 Å². The zero-order valence-electron chi connectivity index (χ0n) is 9.68. The maximum atomic E-state index is 12.7. The van der Waals surface area contributed by atoms with Crippen LogP contribution in [0.1, 0.15) is 12.2 Å². The molecule has 1 saturated heterocycles. The van der Waals surface area contributed by atoms with E-state index in [1.807, 2.05) is 0 Å². The minimum absolute atomic E-state index is 0.0561. The molecule has 2 aromatic rings.